The lowest BCUT2D eigenvalue weighted by molar-refractivity contribution is -0.139. The van der Waals surface area contributed by atoms with Gasteiger partial charge in [-0.1, -0.05) is 82.7 Å². The van der Waals surface area contributed by atoms with E-state index >= 15 is 0 Å². The second-order valence-corrected chi connectivity index (χ2v) is 10.1. The minimum absolute atomic E-state index is 0.0300. The molecule has 0 aliphatic heterocycles. The first-order chi connectivity index (χ1) is 16.5. The second-order valence-electron chi connectivity index (χ2n) is 8.17. The molecule has 1 atom stereocenters. The summed E-state index contributed by atoms with van der Waals surface area (Å²) in [4.78, 5) is 28.5. The number of nitrogens with zero attached hydrogens (tertiary/aromatic N) is 1. The molecule has 2 amide bonds. The fourth-order valence-electron chi connectivity index (χ4n) is 3.74. The molecule has 3 aromatic rings. The van der Waals surface area contributed by atoms with Crippen molar-refractivity contribution in [3.05, 3.63) is 106 Å². The van der Waals surface area contributed by atoms with E-state index in [1.807, 2.05) is 80.6 Å². The number of halogens is 1. The van der Waals surface area contributed by atoms with Crippen LogP contribution in [0.1, 0.15) is 29.2 Å². The highest BCUT2D eigenvalue weighted by molar-refractivity contribution is 9.10. The monoisotopic (exact) mass is 538 g/mol. The highest BCUT2D eigenvalue weighted by Gasteiger charge is 2.30. The van der Waals surface area contributed by atoms with Crippen molar-refractivity contribution in [3.63, 3.8) is 0 Å². The highest BCUT2D eigenvalue weighted by atomic mass is 79.9. The van der Waals surface area contributed by atoms with Crippen LogP contribution >= 0.6 is 27.7 Å². The van der Waals surface area contributed by atoms with Crippen LogP contribution in [0.3, 0.4) is 0 Å². The molecule has 6 heteroatoms. The third-order valence-corrected chi connectivity index (χ3v) is 7.15. The quantitative estimate of drug-likeness (QED) is 0.337. The standard InChI is InChI=1S/C28H31BrN2O2S/c1-3-30-28(33)26(17-22-10-5-4-6-11-22)31(18-24-12-8-7-9-21(24)2)27(32)20-34-19-23-13-15-25(29)16-14-23/h4-16,26H,3,17-20H2,1-2H3,(H,30,33). The second kappa shape index (κ2) is 13.4. The van der Waals surface area contributed by atoms with E-state index in [1.165, 1.54) is 0 Å². The number of hydrogen-bond donors (Lipinski definition) is 1. The van der Waals surface area contributed by atoms with Crippen LogP contribution in [0.4, 0.5) is 0 Å². The smallest absolute Gasteiger partial charge is 0.243 e. The van der Waals surface area contributed by atoms with Gasteiger partial charge in [-0.2, -0.15) is 0 Å². The molecule has 1 unspecified atom stereocenters. The van der Waals surface area contributed by atoms with E-state index in [4.69, 9.17) is 0 Å². The summed E-state index contributed by atoms with van der Waals surface area (Å²) < 4.78 is 1.03. The number of carbonyl (C=O) groups is 2. The zero-order valence-electron chi connectivity index (χ0n) is 19.7. The van der Waals surface area contributed by atoms with Crippen molar-refractivity contribution in [3.8, 4) is 0 Å². The van der Waals surface area contributed by atoms with Gasteiger partial charge in [0, 0.05) is 29.7 Å². The largest absolute Gasteiger partial charge is 0.355 e. The highest BCUT2D eigenvalue weighted by Crippen LogP contribution is 2.20. The first-order valence-corrected chi connectivity index (χ1v) is 13.4. The molecule has 4 nitrogen and oxygen atoms in total. The Morgan fingerprint density at radius 3 is 2.29 bits per heavy atom. The number of amides is 2. The molecule has 3 rings (SSSR count). The SMILES string of the molecule is CCNC(=O)C(Cc1ccccc1)N(Cc1ccccc1C)C(=O)CSCc1ccc(Br)cc1. The molecule has 34 heavy (non-hydrogen) atoms. The van der Waals surface area contributed by atoms with Gasteiger partial charge in [-0.15, -0.1) is 11.8 Å². The van der Waals surface area contributed by atoms with Crippen molar-refractivity contribution < 1.29 is 9.59 Å². The van der Waals surface area contributed by atoms with Crippen LogP contribution in [0.5, 0.6) is 0 Å². The van der Waals surface area contributed by atoms with Gasteiger partial charge < -0.3 is 10.2 Å². The number of likely N-dealkylation sites (N-methyl/N-ethyl adjacent to an activating group) is 1. The molecule has 0 heterocycles. The molecule has 0 saturated heterocycles. The zero-order chi connectivity index (χ0) is 24.3. The number of hydrogen-bond acceptors (Lipinski definition) is 3. The molecule has 0 bridgehead atoms. The Hall–Kier alpha value is -2.57. The Bertz CT molecular complexity index is 1070. The summed E-state index contributed by atoms with van der Waals surface area (Å²) in [5.41, 5.74) is 4.35. The maximum atomic E-state index is 13.6. The van der Waals surface area contributed by atoms with Gasteiger partial charge in [-0.05, 0) is 48.2 Å². The normalized spacial score (nSPS) is 11.6. The average Bonchev–Trinajstić information content (AvgIpc) is 2.84. The Morgan fingerprint density at radius 1 is 0.941 bits per heavy atom. The fraction of sp³-hybridized carbons (Fsp3) is 0.286. The first kappa shape index (κ1) is 26.0. The maximum Gasteiger partial charge on any atom is 0.243 e. The van der Waals surface area contributed by atoms with Crippen molar-refractivity contribution in [2.45, 2.75) is 38.6 Å². The molecule has 0 aliphatic carbocycles. The van der Waals surface area contributed by atoms with E-state index < -0.39 is 6.04 Å². The topological polar surface area (TPSA) is 49.4 Å². The minimum atomic E-state index is -0.581. The van der Waals surface area contributed by atoms with Gasteiger partial charge in [-0.25, -0.2) is 0 Å². The summed E-state index contributed by atoms with van der Waals surface area (Å²) in [5, 5.41) is 2.94. The van der Waals surface area contributed by atoms with Gasteiger partial charge in [0.15, 0.2) is 0 Å². The number of nitrogens with one attached hydrogen (secondary N) is 1. The fourth-order valence-corrected chi connectivity index (χ4v) is 4.87. The zero-order valence-corrected chi connectivity index (χ0v) is 22.1. The number of carbonyl (C=O) groups excluding carboxylic acids is 2. The van der Waals surface area contributed by atoms with E-state index in [1.54, 1.807) is 16.7 Å². The van der Waals surface area contributed by atoms with Crippen LogP contribution in [0, 0.1) is 6.92 Å². The van der Waals surface area contributed by atoms with E-state index in [0.29, 0.717) is 25.3 Å². The molecular formula is C28H31BrN2O2S. The summed E-state index contributed by atoms with van der Waals surface area (Å²) in [5.74, 6) is 0.901. The first-order valence-electron chi connectivity index (χ1n) is 11.5. The molecule has 3 aromatic carbocycles. The predicted molar refractivity (Wildman–Crippen MR) is 145 cm³/mol. The number of aryl methyl sites for hydroxylation is 1. The van der Waals surface area contributed by atoms with E-state index in [0.717, 1.165) is 32.5 Å². The van der Waals surface area contributed by atoms with Gasteiger partial charge in [0.1, 0.15) is 6.04 Å². The van der Waals surface area contributed by atoms with Gasteiger partial charge in [-0.3, -0.25) is 9.59 Å². The molecule has 0 spiro atoms. The van der Waals surface area contributed by atoms with E-state index in [2.05, 4.69) is 33.4 Å². The lowest BCUT2D eigenvalue weighted by Crippen LogP contribution is -2.51. The van der Waals surface area contributed by atoms with Gasteiger partial charge in [0.25, 0.3) is 0 Å². The van der Waals surface area contributed by atoms with Crippen LogP contribution < -0.4 is 5.32 Å². The average molecular weight is 540 g/mol. The van der Waals surface area contributed by atoms with Crippen molar-refractivity contribution in [1.29, 1.82) is 0 Å². The van der Waals surface area contributed by atoms with Gasteiger partial charge >= 0.3 is 0 Å². The maximum absolute atomic E-state index is 13.6. The summed E-state index contributed by atoms with van der Waals surface area (Å²) in [6, 6.07) is 25.5. The molecule has 178 valence electrons. The molecular weight excluding hydrogens is 508 g/mol. The van der Waals surface area contributed by atoms with Crippen molar-refractivity contribution in [2.75, 3.05) is 12.3 Å². The summed E-state index contributed by atoms with van der Waals surface area (Å²) >= 11 is 5.03. The summed E-state index contributed by atoms with van der Waals surface area (Å²) in [6.07, 6.45) is 0.474. The summed E-state index contributed by atoms with van der Waals surface area (Å²) in [6.45, 7) is 4.87. The lowest BCUT2D eigenvalue weighted by atomic mass is 10.0. The van der Waals surface area contributed by atoms with Gasteiger partial charge in [0.2, 0.25) is 11.8 Å². The third-order valence-electron chi connectivity index (χ3n) is 5.63. The number of benzene rings is 3. The Kier molecular flexibility index (Phi) is 10.2. The molecule has 0 aromatic heterocycles. The van der Waals surface area contributed by atoms with Crippen molar-refractivity contribution in [1.82, 2.24) is 10.2 Å². The van der Waals surface area contributed by atoms with Crippen LogP contribution in [0.25, 0.3) is 0 Å². The lowest BCUT2D eigenvalue weighted by Gasteiger charge is -2.32. The minimum Gasteiger partial charge on any atom is -0.355 e. The Balaban J connectivity index is 1.82. The van der Waals surface area contributed by atoms with Crippen LogP contribution in [-0.4, -0.2) is 35.1 Å². The predicted octanol–water partition coefficient (Wildman–Crippen LogP) is 5.77. The third kappa shape index (κ3) is 7.74. The van der Waals surface area contributed by atoms with Crippen molar-refractivity contribution in [2.24, 2.45) is 0 Å². The molecule has 0 saturated carbocycles. The number of thioether (sulfide) groups is 1. The van der Waals surface area contributed by atoms with E-state index in [-0.39, 0.29) is 11.8 Å². The molecule has 0 radical (unpaired) electrons. The van der Waals surface area contributed by atoms with E-state index in [9.17, 15) is 9.59 Å². The molecule has 1 N–H and O–H groups in total. The molecule has 0 aliphatic rings. The molecule has 0 fully saturated rings. The van der Waals surface area contributed by atoms with Crippen LogP contribution in [-0.2, 0) is 28.3 Å². The Morgan fingerprint density at radius 2 is 1.62 bits per heavy atom. The van der Waals surface area contributed by atoms with Crippen LogP contribution in [0.2, 0.25) is 0 Å². The van der Waals surface area contributed by atoms with Crippen LogP contribution in [0.15, 0.2) is 83.3 Å². The van der Waals surface area contributed by atoms with Crippen molar-refractivity contribution >= 4 is 39.5 Å². The Labute approximate surface area is 215 Å². The number of rotatable bonds is 11. The van der Waals surface area contributed by atoms with Gasteiger partial charge in [0.05, 0.1) is 5.75 Å². The summed E-state index contributed by atoms with van der Waals surface area (Å²) in [7, 11) is 0.